The first-order chi connectivity index (χ1) is 9.69. The molecule has 4 nitrogen and oxygen atoms in total. The molecule has 1 aliphatic heterocycles. The topological polar surface area (TPSA) is 58.4 Å². The van der Waals surface area contributed by atoms with Gasteiger partial charge in [-0.15, -0.1) is 0 Å². The van der Waals surface area contributed by atoms with Crippen LogP contribution in [-0.4, -0.2) is 29.9 Å². The van der Waals surface area contributed by atoms with Gasteiger partial charge in [0, 0.05) is 12.2 Å². The summed E-state index contributed by atoms with van der Waals surface area (Å²) in [6.07, 6.45) is 4.26. The van der Waals surface area contributed by atoms with E-state index in [-0.39, 0.29) is 5.91 Å². The van der Waals surface area contributed by atoms with Gasteiger partial charge in [0.15, 0.2) is 0 Å². The largest absolute Gasteiger partial charge is 0.325 e. The maximum absolute atomic E-state index is 11.8. The molecule has 1 fully saturated rings. The van der Waals surface area contributed by atoms with Gasteiger partial charge in [0.2, 0.25) is 5.91 Å². The Morgan fingerprint density at radius 1 is 1.30 bits per heavy atom. The number of benzene rings is 1. The molecule has 0 saturated carbocycles. The van der Waals surface area contributed by atoms with Crippen LogP contribution >= 0.6 is 0 Å². The third-order valence-electron chi connectivity index (χ3n) is 3.76. The zero-order chi connectivity index (χ0) is 14.4. The number of likely N-dealkylation sites (tertiary alicyclic amines) is 1. The quantitative estimate of drug-likeness (QED) is 0.838. The van der Waals surface area contributed by atoms with Gasteiger partial charge < -0.3 is 11.1 Å². The van der Waals surface area contributed by atoms with E-state index in [2.05, 4.69) is 22.3 Å². The van der Waals surface area contributed by atoms with Crippen LogP contribution in [0.3, 0.4) is 0 Å². The molecule has 0 spiro atoms. The lowest BCUT2D eigenvalue weighted by molar-refractivity contribution is -0.117. The van der Waals surface area contributed by atoms with Gasteiger partial charge in [0.25, 0.3) is 0 Å². The Morgan fingerprint density at radius 2 is 1.95 bits per heavy atom. The highest BCUT2D eigenvalue weighted by Crippen LogP contribution is 2.15. The van der Waals surface area contributed by atoms with Gasteiger partial charge in [0.1, 0.15) is 0 Å². The van der Waals surface area contributed by atoms with Crippen molar-refractivity contribution in [3.8, 4) is 0 Å². The van der Waals surface area contributed by atoms with Crippen LogP contribution in [0.4, 0.5) is 5.69 Å². The summed E-state index contributed by atoms with van der Waals surface area (Å²) >= 11 is 0. The highest BCUT2D eigenvalue weighted by Gasteiger charge is 2.13. The van der Waals surface area contributed by atoms with Gasteiger partial charge in [-0.3, -0.25) is 9.69 Å². The fourth-order valence-corrected chi connectivity index (χ4v) is 2.57. The van der Waals surface area contributed by atoms with Crippen molar-refractivity contribution in [3.63, 3.8) is 0 Å². The van der Waals surface area contributed by atoms with Crippen LogP contribution < -0.4 is 11.1 Å². The summed E-state index contributed by atoms with van der Waals surface area (Å²) in [6.45, 7) is 5.43. The molecule has 1 heterocycles. The van der Waals surface area contributed by atoms with Crippen LogP contribution in [-0.2, 0) is 11.3 Å². The van der Waals surface area contributed by atoms with E-state index in [0.29, 0.717) is 0 Å². The molecule has 1 aliphatic rings. The summed E-state index contributed by atoms with van der Waals surface area (Å²) in [7, 11) is 0. The van der Waals surface area contributed by atoms with E-state index in [1.807, 2.05) is 19.1 Å². The molecule has 0 aliphatic carbocycles. The molecule has 0 radical (unpaired) electrons. The summed E-state index contributed by atoms with van der Waals surface area (Å²) in [5.74, 6) is -0.0980. The first kappa shape index (κ1) is 15.0. The minimum atomic E-state index is -0.413. The number of anilines is 1. The first-order valence-corrected chi connectivity index (χ1v) is 7.57. The maximum atomic E-state index is 11.8. The third kappa shape index (κ3) is 4.32. The number of carbonyl (C=O) groups is 1. The molecule has 1 aromatic carbocycles. The van der Waals surface area contributed by atoms with E-state index in [1.54, 1.807) is 0 Å². The lowest BCUT2D eigenvalue weighted by Crippen LogP contribution is -2.35. The number of amides is 1. The van der Waals surface area contributed by atoms with E-state index in [1.165, 1.54) is 31.5 Å². The van der Waals surface area contributed by atoms with Crippen LogP contribution in [0.15, 0.2) is 24.3 Å². The van der Waals surface area contributed by atoms with Crippen LogP contribution in [0.5, 0.6) is 0 Å². The highest BCUT2D eigenvalue weighted by atomic mass is 16.2. The van der Waals surface area contributed by atoms with E-state index in [4.69, 9.17) is 5.73 Å². The average Bonchev–Trinajstić information content (AvgIpc) is 2.94. The molecule has 2 rings (SSSR count). The van der Waals surface area contributed by atoms with Crippen LogP contribution in [0.2, 0.25) is 0 Å². The molecule has 110 valence electrons. The molecule has 20 heavy (non-hydrogen) atoms. The van der Waals surface area contributed by atoms with Crippen molar-refractivity contribution in [3.05, 3.63) is 29.8 Å². The molecule has 1 atom stereocenters. The Kier molecular flexibility index (Phi) is 5.56. The second-order valence-corrected chi connectivity index (χ2v) is 5.56. The number of nitrogens with zero attached hydrogens (tertiary/aromatic N) is 1. The summed E-state index contributed by atoms with van der Waals surface area (Å²) in [5, 5.41) is 2.87. The normalized spacial score (nSPS) is 17.1. The second-order valence-electron chi connectivity index (χ2n) is 5.56. The smallest absolute Gasteiger partial charge is 0.241 e. The maximum Gasteiger partial charge on any atom is 0.241 e. The van der Waals surface area contributed by atoms with E-state index >= 15 is 0 Å². The van der Waals surface area contributed by atoms with E-state index < -0.39 is 6.04 Å². The van der Waals surface area contributed by atoms with Crippen molar-refractivity contribution in [2.75, 3.05) is 18.4 Å². The zero-order valence-corrected chi connectivity index (χ0v) is 12.3. The Balaban J connectivity index is 1.86. The lowest BCUT2D eigenvalue weighted by atomic mass is 10.1. The Morgan fingerprint density at radius 3 is 2.55 bits per heavy atom. The SMILES string of the molecule is CCCC(N)C(=O)Nc1ccc(CN2CCCC2)cc1. The van der Waals surface area contributed by atoms with Crippen LogP contribution in [0.1, 0.15) is 38.2 Å². The highest BCUT2D eigenvalue weighted by molar-refractivity contribution is 5.94. The lowest BCUT2D eigenvalue weighted by Gasteiger charge is -2.15. The number of nitrogens with one attached hydrogen (secondary N) is 1. The van der Waals surface area contributed by atoms with Gasteiger partial charge in [-0.25, -0.2) is 0 Å². The summed E-state index contributed by atoms with van der Waals surface area (Å²) in [5.41, 5.74) is 7.92. The predicted molar refractivity (Wildman–Crippen MR) is 82.5 cm³/mol. The van der Waals surface area contributed by atoms with Crippen molar-refractivity contribution >= 4 is 11.6 Å². The summed E-state index contributed by atoms with van der Waals surface area (Å²) < 4.78 is 0. The molecule has 1 amide bonds. The standard InChI is InChI=1S/C16H25N3O/c1-2-5-15(17)16(20)18-14-8-6-13(7-9-14)12-19-10-3-4-11-19/h6-9,15H,2-5,10-12,17H2,1H3,(H,18,20). The zero-order valence-electron chi connectivity index (χ0n) is 12.3. The summed E-state index contributed by atoms with van der Waals surface area (Å²) in [6, 6.07) is 7.67. The Labute approximate surface area is 121 Å². The van der Waals surface area contributed by atoms with Crippen molar-refractivity contribution < 1.29 is 4.79 Å². The van der Waals surface area contributed by atoms with E-state index in [0.717, 1.165) is 25.1 Å². The van der Waals surface area contributed by atoms with E-state index in [9.17, 15) is 4.79 Å². The van der Waals surface area contributed by atoms with Gasteiger partial charge in [-0.2, -0.15) is 0 Å². The van der Waals surface area contributed by atoms with Gasteiger partial charge in [0.05, 0.1) is 6.04 Å². The van der Waals surface area contributed by atoms with Gasteiger partial charge >= 0.3 is 0 Å². The molecule has 0 aromatic heterocycles. The molecule has 4 heteroatoms. The summed E-state index contributed by atoms with van der Waals surface area (Å²) in [4.78, 5) is 14.3. The molecule has 1 saturated heterocycles. The van der Waals surface area contributed by atoms with Crippen LogP contribution in [0, 0.1) is 0 Å². The van der Waals surface area contributed by atoms with Crippen molar-refractivity contribution in [1.82, 2.24) is 4.90 Å². The van der Waals surface area contributed by atoms with Crippen molar-refractivity contribution in [1.29, 1.82) is 0 Å². The minimum Gasteiger partial charge on any atom is -0.325 e. The van der Waals surface area contributed by atoms with Crippen molar-refractivity contribution in [2.45, 2.75) is 45.2 Å². The first-order valence-electron chi connectivity index (χ1n) is 7.57. The predicted octanol–water partition coefficient (Wildman–Crippen LogP) is 2.35. The number of rotatable bonds is 6. The number of carbonyl (C=O) groups excluding carboxylic acids is 1. The van der Waals surface area contributed by atoms with Gasteiger partial charge in [-0.05, 0) is 50.0 Å². The van der Waals surface area contributed by atoms with Crippen molar-refractivity contribution in [2.24, 2.45) is 5.73 Å². The monoisotopic (exact) mass is 275 g/mol. The second kappa shape index (κ2) is 7.41. The molecular weight excluding hydrogens is 250 g/mol. The minimum absolute atomic E-state index is 0.0980. The molecule has 1 aromatic rings. The average molecular weight is 275 g/mol. The van der Waals surface area contributed by atoms with Gasteiger partial charge in [-0.1, -0.05) is 25.5 Å². The fraction of sp³-hybridized carbons (Fsp3) is 0.562. The Hall–Kier alpha value is -1.39. The molecule has 1 unspecified atom stereocenters. The molecule has 0 bridgehead atoms. The molecular formula is C16H25N3O. The number of hydrogen-bond donors (Lipinski definition) is 2. The third-order valence-corrected chi connectivity index (χ3v) is 3.76. The van der Waals surface area contributed by atoms with Crippen LogP contribution in [0.25, 0.3) is 0 Å². The number of hydrogen-bond acceptors (Lipinski definition) is 3. The molecule has 3 N–H and O–H groups in total. The number of nitrogens with two attached hydrogens (primary N) is 1. The Bertz CT molecular complexity index is 424. The fourth-order valence-electron chi connectivity index (χ4n) is 2.57.